The Morgan fingerprint density at radius 1 is 1.42 bits per heavy atom. The summed E-state index contributed by atoms with van der Waals surface area (Å²) in [6.07, 6.45) is 12.1. The van der Waals surface area contributed by atoms with Gasteiger partial charge in [-0.3, -0.25) is 0 Å². The molecule has 0 nitrogen and oxygen atoms in total. The van der Waals surface area contributed by atoms with Gasteiger partial charge in [-0.05, 0) is 37.5 Å². The summed E-state index contributed by atoms with van der Waals surface area (Å²) >= 11 is 0. The van der Waals surface area contributed by atoms with Gasteiger partial charge in [-0.1, -0.05) is 31.8 Å². The fourth-order valence-corrected chi connectivity index (χ4v) is 2.04. The van der Waals surface area contributed by atoms with Gasteiger partial charge in [0.1, 0.15) is 0 Å². The Balaban J connectivity index is 2.18. The van der Waals surface area contributed by atoms with E-state index in [4.69, 9.17) is 7.85 Å². The van der Waals surface area contributed by atoms with E-state index in [2.05, 4.69) is 19.1 Å². The first-order valence-electron chi connectivity index (χ1n) is 5.23. The fraction of sp³-hybridized carbons (Fsp3) is 0.818. The molecule has 1 aliphatic carbocycles. The van der Waals surface area contributed by atoms with Crippen LogP contribution in [-0.4, -0.2) is 7.85 Å². The molecule has 1 heteroatoms. The van der Waals surface area contributed by atoms with Gasteiger partial charge in [-0.15, -0.1) is 0 Å². The minimum atomic E-state index is 0.792. The smallest absolute Gasteiger partial charge is 0.0657 e. The van der Waals surface area contributed by atoms with E-state index in [0.29, 0.717) is 0 Å². The SMILES string of the molecule is [B]CC/C=C/C1CCC(CC)C1. The third kappa shape index (κ3) is 3.04. The molecule has 0 bridgehead atoms. The molecule has 0 aliphatic heterocycles. The van der Waals surface area contributed by atoms with Crippen molar-refractivity contribution in [3.05, 3.63) is 12.2 Å². The van der Waals surface area contributed by atoms with Crippen molar-refractivity contribution in [3.8, 4) is 0 Å². The van der Waals surface area contributed by atoms with Crippen molar-refractivity contribution in [2.75, 3.05) is 0 Å². The Labute approximate surface area is 77.8 Å². The van der Waals surface area contributed by atoms with Crippen molar-refractivity contribution >= 4 is 7.85 Å². The second kappa shape index (κ2) is 5.45. The topological polar surface area (TPSA) is 0 Å². The van der Waals surface area contributed by atoms with Crippen molar-refractivity contribution in [2.24, 2.45) is 11.8 Å². The van der Waals surface area contributed by atoms with Crippen LogP contribution < -0.4 is 0 Å². The van der Waals surface area contributed by atoms with Crippen molar-refractivity contribution in [3.63, 3.8) is 0 Å². The molecule has 1 rings (SSSR count). The highest BCUT2D eigenvalue weighted by Crippen LogP contribution is 2.33. The van der Waals surface area contributed by atoms with E-state index in [-0.39, 0.29) is 0 Å². The summed E-state index contributed by atoms with van der Waals surface area (Å²) in [7, 11) is 5.42. The molecule has 2 unspecified atom stereocenters. The zero-order chi connectivity index (χ0) is 8.81. The highest BCUT2D eigenvalue weighted by Gasteiger charge is 2.20. The van der Waals surface area contributed by atoms with Gasteiger partial charge >= 0.3 is 0 Å². The standard InChI is InChI=1S/C11H19B/c1-2-10-6-7-11(9-10)5-3-4-8-12/h3,5,10-11H,2,4,6-9H2,1H3/b5-3+. The van der Waals surface area contributed by atoms with Gasteiger partial charge in [0, 0.05) is 0 Å². The number of allylic oxidation sites excluding steroid dienone is 2. The van der Waals surface area contributed by atoms with E-state index >= 15 is 0 Å². The minimum absolute atomic E-state index is 0.792. The molecular weight excluding hydrogens is 143 g/mol. The fourth-order valence-electron chi connectivity index (χ4n) is 2.04. The second-order valence-electron chi connectivity index (χ2n) is 3.85. The van der Waals surface area contributed by atoms with Gasteiger partial charge in [0.25, 0.3) is 0 Å². The third-order valence-corrected chi connectivity index (χ3v) is 2.90. The first kappa shape index (κ1) is 9.89. The number of rotatable bonds is 4. The van der Waals surface area contributed by atoms with Crippen molar-refractivity contribution in [2.45, 2.75) is 45.3 Å². The lowest BCUT2D eigenvalue weighted by Crippen LogP contribution is -1.91. The quantitative estimate of drug-likeness (QED) is 0.439. The van der Waals surface area contributed by atoms with Crippen LogP contribution in [0.4, 0.5) is 0 Å². The largest absolute Gasteiger partial charge is 0.0890 e. The Morgan fingerprint density at radius 2 is 2.25 bits per heavy atom. The van der Waals surface area contributed by atoms with Crippen LogP contribution in [-0.2, 0) is 0 Å². The van der Waals surface area contributed by atoms with Gasteiger partial charge < -0.3 is 0 Å². The molecule has 66 valence electrons. The average Bonchev–Trinajstić information content (AvgIpc) is 2.53. The van der Waals surface area contributed by atoms with Crippen molar-refractivity contribution < 1.29 is 0 Å². The Morgan fingerprint density at radius 3 is 2.83 bits per heavy atom. The lowest BCUT2D eigenvalue weighted by atomic mass is 9.99. The lowest BCUT2D eigenvalue weighted by Gasteiger charge is -2.04. The van der Waals surface area contributed by atoms with Gasteiger partial charge in [0.15, 0.2) is 0 Å². The maximum Gasteiger partial charge on any atom is 0.0657 e. The summed E-state index contributed by atoms with van der Waals surface area (Å²) in [6, 6.07) is 0. The van der Waals surface area contributed by atoms with Gasteiger partial charge in [0.05, 0.1) is 7.85 Å². The Hall–Kier alpha value is -0.195. The molecule has 0 aromatic rings. The lowest BCUT2D eigenvalue weighted by molar-refractivity contribution is 0.515. The monoisotopic (exact) mass is 162 g/mol. The average molecular weight is 162 g/mol. The van der Waals surface area contributed by atoms with Crippen molar-refractivity contribution in [1.29, 1.82) is 0 Å². The van der Waals surface area contributed by atoms with E-state index in [0.717, 1.165) is 24.6 Å². The minimum Gasteiger partial charge on any atom is -0.0890 e. The molecule has 0 spiro atoms. The molecule has 1 fully saturated rings. The molecule has 0 heterocycles. The van der Waals surface area contributed by atoms with Gasteiger partial charge in [0.2, 0.25) is 0 Å². The molecule has 0 saturated heterocycles. The zero-order valence-corrected chi connectivity index (χ0v) is 8.13. The van der Waals surface area contributed by atoms with Gasteiger partial charge in [-0.2, -0.15) is 0 Å². The Bertz CT molecular complexity index is 140. The zero-order valence-electron chi connectivity index (χ0n) is 8.13. The maximum atomic E-state index is 5.42. The predicted molar refractivity (Wildman–Crippen MR) is 55.4 cm³/mol. The van der Waals surface area contributed by atoms with Crippen molar-refractivity contribution in [1.82, 2.24) is 0 Å². The predicted octanol–water partition coefficient (Wildman–Crippen LogP) is 3.35. The molecule has 0 N–H and O–H groups in total. The molecule has 0 aromatic heterocycles. The van der Waals surface area contributed by atoms with E-state index < -0.39 is 0 Å². The van der Waals surface area contributed by atoms with Crippen LogP contribution >= 0.6 is 0 Å². The highest BCUT2D eigenvalue weighted by molar-refractivity contribution is 6.08. The molecule has 1 saturated carbocycles. The molecular formula is C11H19B. The number of hydrogen-bond acceptors (Lipinski definition) is 0. The van der Waals surface area contributed by atoms with Crippen LogP contribution in [0, 0.1) is 11.8 Å². The van der Waals surface area contributed by atoms with Crippen LogP contribution in [0.1, 0.15) is 39.0 Å². The first-order chi connectivity index (χ1) is 5.86. The van der Waals surface area contributed by atoms with Crippen LogP contribution in [0.2, 0.25) is 6.32 Å². The molecule has 1 aliphatic rings. The molecule has 2 atom stereocenters. The van der Waals surface area contributed by atoms with E-state index in [1.807, 2.05) is 0 Å². The van der Waals surface area contributed by atoms with Crippen LogP contribution in [0.15, 0.2) is 12.2 Å². The number of hydrogen-bond donors (Lipinski definition) is 0. The highest BCUT2D eigenvalue weighted by atomic mass is 14.3. The van der Waals surface area contributed by atoms with Gasteiger partial charge in [-0.25, -0.2) is 0 Å². The molecule has 12 heavy (non-hydrogen) atoms. The molecule has 0 amide bonds. The van der Waals surface area contributed by atoms with Crippen LogP contribution in [0.25, 0.3) is 0 Å². The normalized spacial score (nSPS) is 30.1. The summed E-state index contributed by atoms with van der Waals surface area (Å²) in [6.45, 7) is 2.30. The molecule has 0 aromatic carbocycles. The summed E-state index contributed by atoms with van der Waals surface area (Å²) < 4.78 is 0. The third-order valence-electron chi connectivity index (χ3n) is 2.90. The van der Waals surface area contributed by atoms with E-state index in [1.54, 1.807) is 0 Å². The van der Waals surface area contributed by atoms with E-state index in [1.165, 1.54) is 25.7 Å². The maximum absolute atomic E-state index is 5.42. The van der Waals surface area contributed by atoms with E-state index in [9.17, 15) is 0 Å². The first-order valence-corrected chi connectivity index (χ1v) is 5.23. The Kier molecular flexibility index (Phi) is 4.49. The second-order valence-corrected chi connectivity index (χ2v) is 3.85. The summed E-state index contributed by atoms with van der Waals surface area (Å²) in [4.78, 5) is 0. The summed E-state index contributed by atoms with van der Waals surface area (Å²) in [5.74, 6) is 1.86. The molecule has 2 radical (unpaired) electrons. The summed E-state index contributed by atoms with van der Waals surface area (Å²) in [5, 5.41) is 0. The van der Waals surface area contributed by atoms with Crippen LogP contribution in [0.5, 0.6) is 0 Å². The van der Waals surface area contributed by atoms with Crippen LogP contribution in [0.3, 0.4) is 0 Å². The summed E-state index contributed by atoms with van der Waals surface area (Å²) in [5.41, 5.74) is 0.